The molecule has 0 fully saturated rings. The maximum absolute atomic E-state index is 12.7. The third-order valence-corrected chi connectivity index (χ3v) is 3.63. The molecule has 0 saturated carbocycles. The van der Waals surface area contributed by atoms with Gasteiger partial charge in [-0.05, 0) is 35.9 Å². The highest BCUT2D eigenvalue weighted by molar-refractivity contribution is 9.10. The molecule has 102 valence electrons. The number of hydrogen-bond acceptors (Lipinski definition) is 0. The molecule has 1 heterocycles. The summed E-state index contributed by atoms with van der Waals surface area (Å²) >= 11 is 3.35. The number of rotatable bonds is 1. The predicted molar refractivity (Wildman–Crippen MR) is 76.4 cm³/mol. The lowest BCUT2D eigenvalue weighted by Crippen LogP contribution is -2.03. The van der Waals surface area contributed by atoms with Gasteiger partial charge < -0.3 is 4.98 Å². The zero-order valence-electron chi connectivity index (χ0n) is 10.1. The van der Waals surface area contributed by atoms with Crippen LogP contribution in [-0.4, -0.2) is 4.98 Å². The number of aromatic nitrogens is 1. The van der Waals surface area contributed by atoms with E-state index in [2.05, 4.69) is 20.9 Å². The molecule has 0 saturated heterocycles. The second-order valence-corrected chi connectivity index (χ2v) is 5.41. The molecule has 0 amide bonds. The molecule has 0 unspecified atom stereocenters. The average Bonchev–Trinajstić information content (AvgIpc) is 2.81. The Bertz CT molecular complexity index is 757. The summed E-state index contributed by atoms with van der Waals surface area (Å²) in [4.78, 5) is 3.03. The largest absolute Gasteiger partial charge is 0.416 e. The zero-order valence-corrected chi connectivity index (χ0v) is 11.7. The SMILES string of the molecule is FC(F)(F)c1ccc2cc(-c3ccc(Br)cc3)[nH]c2c1. The van der Waals surface area contributed by atoms with E-state index in [1.807, 2.05) is 30.3 Å². The number of H-pyrrole nitrogens is 1. The van der Waals surface area contributed by atoms with Gasteiger partial charge in [0.05, 0.1) is 5.56 Å². The molecule has 3 rings (SSSR count). The fourth-order valence-corrected chi connectivity index (χ4v) is 2.35. The van der Waals surface area contributed by atoms with Crippen molar-refractivity contribution >= 4 is 26.8 Å². The van der Waals surface area contributed by atoms with Crippen molar-refractivity contribution in [2.24, 2.45) is 0 Å². The van der Waals surface area contributed by atoms with Crippen LogP contribution in [0.25, 0.3) is 22.2 Å². The third-order valence-electron chi connectivity index (χ3n) is 3.11. The molecule has 0 aliphatic rings. The molecular formula is C15H9BrF3N. The molecule has 2 aromatic carbocycles. The van der Waals surface area contributed by atoms with Gasteiger partial charge in [0, 0.05) is 21.1 Å². The van der Waals surface area contributed by atoms with Gasteiger partial charge in [-0.2, -0.15) is 13.2 Å². The van der Waals surface area contributed by atoms with Crippen molar-refractivity contribution in [3.05, 3.63) is 58.6 Å². The van der Waals surface area contributed by atoms with E-state index >= 15 is 0 Å². The Morgan fingerprint density at radius 1 is 0.900 bits per heavy atom. The van der Waals surface area contributed by atoms with Gasteiger partial charge >= 0.3 is 6.18 Å². The molecule has 1 nitrogen and oxygen atoms in total. The molecule has 1 aromatic heterocycles. The van der Waals surface area contributed by atoms with Gasteiger partial charge in [0.15, 0.2) is 0 Å². The number of aromatic amines is 1. The lowest BCUT2D eigenvalue weighted by atomic mass is 10.1. The summed E-state index contributed by atoms with van der Waals surface area (Å²) in [6.45, 7) is 0. The third kappa shape index (κ3) is 2.45. The van der Waals surface area contributed by atoms with E-state index in [-0.39, 0.29) is 0 Å². The lowest BCUT2D eigenvalue weighted by molar-refractivity contribution is -0.137. The van der Waals surface area contributed by atoms with Crippen LogP contribution >= 0.6 is 15.9 Å². The topological polar surface area (TPSA) is 15.8 Å². The standard InChI is InChI=1S/C15H9BrF3N/c16-12-5-2-9(3-6-12)13-7-10-1-4-11(15(17,18)19)8-14(10)20-13/h1-8,20H. The summed E-state index contributed by atoms with van der Waals surface area (Å²) in [5.41, 5.74) is 1.57. The molecule has 0 bridgehead atoms. The van der Waals surface area contributed by atoms with E-state index in [0.717, 1.165) is 33.2 Å². The number of hydrogen-bond donors (Lipinski definition) is 1. The van der Waals surface area contributed by atoms with Crippen LogP contribution in [0.2, 0.25) is 0 Å². The molecule has 0 aliphatic carbocycles. The van der Waals surface area contributed by atoms with Crippen LogP contribution in [0.3, 0.4) is 0 Å². The molecule has 5 heteroatoms. The van der Waals surface area contributed by atoms with Crippen molar-refractivity contribution in [3.8, 4) is 11.3 Å². The Morgan fingerprint density at radius 3 is 2.25 bits per heavy atom. The van der Waals surface area contributed by atoms with Crippen molar-refractivity contribution < 1.29 is 13.2 Å². The summed E-state index contributed by atoms with van der Waals surface area (Å²) in [6, 6.07) is 13.2. The van der Waals surface area contributed by atoms with E-state index in [9.17, 15) is 13.2 Å². The van der Waals surface area contributed by atoms with Gasteiger partial charge in [-0.3, -0.25) is 0 Å². The fraction of sp³-hybridized carbons (Fsp3) is 0.0667. The van der Waals surface area contributed by atoms with Crippen molar-refractivity contribution in [1.82, 2.24) is 4.98 Å². The number of benzene rings is 2. The number of alkyl halides is 3. The first kappa shape index (κ1) is 13.2. The van der Waals surface area contributed by atoms with Crippen molar-refractivity contribution in [2.75, 3.05) is 0 Å². The van der Waals surface area contributed by atoms with E-state index < -0.39 is 11.7 Å². The summed E-state index contributed by atoms with van der Waals surface area (Å²) in [5, 5.41) is 0.760. The van der Waals surface area contributed by atoms with Gasteiger partial charge in [0.1, 0.15) is 0 Å². The van der Waals surface area contributed by atoms with Gasteiger partial charge in [-0.1, -0.05) is 34.1 Å². The quantitative estimate of drug-likeness (QED) is 0.592. The normalized spacial score (nSPS) is 12.0. The predicted octanol–water partition coefficient (Wildman–Crippen LogP) is 5.62. The second-order valence-electron chi connectivity index (χ2n) is 4.49. The first-order chi connectivity index (χ1) is 9.43. The maximum atomic E-state index is 12.7. The molecule has 20 heavy (non-hydrogen) atoms. The number of nitrogens with one attached hydrogen (secondary N) is 1. The molecule has 0 radical (unpaired) electrons. The van der Waals surface area contributed by atoms with E-state index in [1.165, 1.54) is 6.07 Å². The first-order valence-electron chi connectivity index (χ1n) is 5.89. The van der Waals surface area contributed by atoms with Crippen LogP contribution in [0.15, 0.2) is 53.0 Å². The average molecular weight is 340 g/mol. The second kappa shape index (κ2) is 4.66. The number of halogens is 4. The van der Waals surface area contributed by atoms with Crippen LogP contribution in [0.1, 0.15) is 5.56 Å². The van der Waals surface area contributed by atoms with Crippen LogP contribution in [0.4, 0.5) is 13.2 Å². The maximum Gasteiger partial charge on any atom is 0.416 e. The minimum Gasteiger partial charge on any atom is -0.355 e. The summed E-state index contributed by atoms with van der Waals surface area (Å²) < 4.78 is 39.0. The molecular weight excluding hydrogens is 331 g/mol. The smallest absolute Gasteiger partial charge is 0.355 e. The van der Waals surface area contributed by atoms with E-state index in [0.29, 0.717) is 5.52 Å². The van der Waals surface area contributed by atoms with Crippen LogP contribution in [0.5, 0.6) is 0 Å². The highest BCUT2D eigenvalue weighted by Gasteiger charge is 2.30. The molecule has 3 aromatic rings. The summed E-state index contributed by atoms with van der Waals surface area (Å²) in [7, 11) is 0. The Labute approximate surface area is 121 Å². The molecule has 0 spiro atoms. The van der Waals surface area contributed by atoms with Gasteiger partial charge in [0.2, 0.25) is 0 Å². The Morgan fingerprint density at radius 2 is 1.60 bits per heavy atom. The van der Waals surface area contributed by atoms with Crippen molar-refractivity contribution in [1.29, 1.82) is 0 Å². The van der Waals surface area contributed by atoms with Crippen molar-refractivity contribution in [2.45, 2.75) is 6.18 Å². The molecule has 1 N–H and O–H groups in total. The molecule has 0 atom stereocenters. The van der Waals surface area contributed by atoms with Gasteiger partial charge in [-0.25, -0.2) is 0 Å². The summed E-state index contributed by atoms with van der Waals surface area (Å²) in [5.74, 6) is 0. The minimum absolute atomic E-state index is 0.484. The summed E-state index contributed by atoms with van der Waals surface area (Å²) in [6.07, 6.45) is -4.32. The highest BCUT2D eigenvalue weighted by atomic mass is 79.9. The van der Waals surface area contributed by atoms with Crippen molar-refractivity contribution in [3.63, 3.8) is 0 Å². The number of fused-ring (bicyclic) bond motifs is 1. The molecule has 0 aliphatic heterocycles. The van der Waals surface area contributed by atoms with E-state index in [4.69, 9.17) is 0 Å². The fourth-order valence-electron chi connectivity index (χ4n) is 2.09. The monoisotopic (exact) mass is 339 g/mol. The Kier molecular flexibility index (Phi) is 3.09. The Balaban J connectivity index is 2.09. The first-order valence-corrected chi connectivity index (χ1v) is 6.69. The Hall–Kier alpha value is -1.75. The minimum atomic E-state index is -4.32. The van der Waals surface area contributed by atoms with Crippen LogP contribution in [-0.2, 0) is 6.18 Å². The lowest BCUT2D eigenvalue weighted by Gasteiger charge is -2.05. The zero-order chi connectivity index (χ0) is 14.3. The van der Waals surface area contributed by atoms with Crippen LogP contribution in [0, 0.1) is 0 Å². The van der Waals surface area contributed by atoms with Gasteiger partial charge in [0.25, 0.3) is 0 Å². The van der Waals surface area contributed by atoms with E-state index in [1.54, 1.807) is 0 Å². The van der Waals surface area contributed by atoms with Crippen LogP contribution < -0.4 is 0 Å². The highest BCUT2D eigenvalue weighted by Crippen LogP contribution is 2.32. The van der Waals surface area contributed by atoms with Gasteiger partial charge in [-0.15, -0.1) is 0 Å².